The topological polar surface area (TPSA) is 21.3 Å². The van der Waals surface area contributed by atoms with Crippen LogP contribution >= 0.6 is 11.6 Å². The molecule has 1 atom stereocenters. The van der Waals surface area contributed by atoms with E-state index in [1.54, 1.807) is 0 Å². The number of hydrogen-bond acceptors (Lipinski definition) is 2. The van der Waals surface area contributed by atoms with Gasteiger partial charge in [0.15, 0.2) is 0 Å². The van der Waals surface area contributed by atoms with Crippen LogP contribution < -0.4 is 10.1 Å². The zero-order valence-electron chi connectivity index (χ0n) is 12.3. The average molecular weight is 290 g/mol. The fraction of sp³-hybridized carbons (Fsp3) is 0.294. The maximum atomic E-state index is 6.19. The second-order valence-corrected chi connectivity index (χ2v) is 5.40. The molecule has 0 aliphatic carbocycles. The normalized spacial score (nSPS) is 12.2. The first-order valence-electron chi connectivity index (χ1n) is 6.73. The Hall–Kier alpha value is -1.51. The van der Waals surface area contributed by atoms with Crippen molar-refractivity contribution in [2.45, 2.75) is 26.8 Å². The monoisotopic (exact) mass is 289 g/mol. The number of ether oxygens (including phenoxy) is 1. The third-order valence-electron chi connectivity index (χ3n) is 3.46. The number of rotatable bonds is 4. The Morgan fingerprint density at radius 1 is 1.10 bits per heavy atom. The van der Waals surface area contributed by atoms with Gasteiger partial charge in [0.1, 0.15) is 11.5 Å². The summed E-state index contributed by atoms with van der Waals surface area (Å²) in [6.07, 6.45) is 0. The van der Waals surface area contributed by atoms with Gasteiger partial charge in [-0.1, -0.05) is 29.8 Å². The highest BCUT2D eigenvalue weighted by molar-refractivity contribution is 6.32. The SMILES string of the molecule is CNC(C)c1ccccc1Oc1cc(C)c(Cl)c(C)c1. The summed E-state index contributed by atoms with van der Waals surface area (Å²) in [6, 6.07) is 12.2. The first-order valence-corrected chi connectivity index (χ1v) is 7.11. The Morgan fingerprint density at radius 3 is 2.30 bits per heavy atom. The second kappa shape index (κ2) is 6.29. The maximum absolute atomic E-state index is 6.19. The second-order valence-electron chi connectivity index (χ2n) is 5.02. The molecule has 1 unspecified atom stereocenters. The lowest BCUT2D eigenvalue weighted by molar-refractivity contribution is 0.465. The summed E-state index contributed by atoms with van der Waals surface area (Å²) in [6.45, 7) is 6.09. The van der Waals surface area contributed by atoms with Gasteiger partial charge < -0.3 is 10.1 Å². The molecule has 0 saturated carbocycles. The molecule has 0 bridgehead atoms. The van der Waals surface area contributed by atoms with Gasteiger partial charge in [0.05, 0.1) is 0 Å². The molecule has 0 spiro atoms. The van der Waals surface area contributed by atoms with Crippen molar-refractivity contribution >= 4 is 11.6 Å². The zero-order valence-corrected chi connectivity index (χ0v) is 13.1. The molecule has 2 aromatic rings. The van der Waals surface area contributed by atoms with Crippen molar-refractivity contribution in [3.8, 4) is 11.5 Å². The number of hydrogen-bond donors (Lipinski definition) is 1. The van der Waals surface area contributed by atoms with Crippen LogP contribution in [-0.2, 0) is 0 Å². The van der Waals surface area contributed by atoms with E-state index in [1.807, 2.05) is 51.2 Å². The first kappa shape index (κ1) is 14.9. The lowest BCUT2D eigenvalue weighted by Crippen LogP contribution is -2.13. The Bertz CT molecular complexity index is 587. The summed E-state index contributed by atoms with van der Waals surface area (Å²) in [7, 11) is 1.94. The van der Waals surface area contributed by atoms with Crippen LogP contribution in [0.3, 0.4) is 0 Å². The molecule has 0 amide bonds. The van der Waals surface area contributed by atoms with Crippen LogP contribution in [0, 0.1) is 13.8 Å². The van der Waals surface area contributed by atoms with E-state index in [0.29, 0.717) is 0 Å². The minimum atomic E-state index is 0.237. The van der Waals surface area contributed by atoms with E-state index < -0.39 is 0 Å². The maximum Gasteiger partial charge on any atom is 0.132 e. The average Bonchev–Trinajstić information content (AvgIpc) is 2.44. The molecule has 0 heterocycles. The van der Waals surface area contributed by atoms with Gasteiger partial charge >= 0.3 is 0 Å². The number of para-hydroxylation sites is 1. The minimum Gasteiger partial charge on any atom is -0.457 e. The first-order chi connectivity index (χ1) is 9.52. The molecule has 106 valence electrons. The molecular formula is C17H20ClNO. The highest BCUT2D eigenvalue weighted by Gasteiger charge is 2.11. The van der Waals surface area contributed by atoms with E-state index in [2.05, 4.69) is 18.3 Å². The van der Waals surface area contributed by atoms with Crippen molar-refractivity contribution in [2.24, 2.45) is 0 Å². The summed E-state index contributed by atoms with van der Waals surface area (Å²) in [5, 5.41) is 4.04. The molecule has 2 rings (SSSR count). The molecule has 3 heteroatoms. The van der Waals surface area contributed by atoms with Crippen LogP contribution in [0.15, 0.2) is 36.4 Å². The Balaban J connectivity index is 2.35. The van der Waals surface area contributed by atoms with E-state index in [4.69, 9.17) is 16.3 Å². The van der Waals surface area contributed by atoms with Crippen LogP contribution in [-0.4, -0.2) is 7.05 Å². The van der Waals surface area contributed by atoms with Gasteiger partial charge in [-0.2, -0.15) is 0 Å². The van der Waals surface area contributed by atoms with Crippen LogP contribution in [0.25, 0.3) is 0 Å². The minimum absolute atomic E-state index is 0.237. The molecule has 0 aromatic heterocycles. The number of nitrogens with one attached hydrogen (secondary N) is 1. The molecular weight excluding hydrogens is 270 g/mol. The van der Waals surface area contributed by atoms with Crippen molar-refractivity contribution in [1.82, 2.24) is 5.32 Å². The summed E-state index contributed by atoms with van der Waals surface area (Å²) < 4.78 is 6.05. The smallest absolute Gasteiger partial charge is 0.132 e. The molecule has 20 heavy (non-hydrogen) atoms. The predicted octanol–water partition coefficient (Wildman–Crippen LogP) is 5.03. The highest BCUT2D eigenvalue weighted by Crippen LogP contribution is 2.32. The van der Waals surface area contributed by atoms with Crippen molar-refractivity contribution < 1.29 is 4.74 Å². The van der Waals surface area contributed by atoms with Gasteiger partial charge in [0, 0.05) is 16.6 Å². The lowest BCUT2D eigenvalue weighted by atomic mass is 10.1. The molecule has 0 aliphatic heterocycles. The molecule has 2 nitrogen and oxygen atoms in total. The number of benzene rings is 2. The van der Waals surface area contributed by atoms with Gasteiger partial charge in [-0.05, 0) is 57.1 Å². The third-order valence-corrected chi connectivity index (χ3v) is 4.05. The van der Waals surface area contributed by atoms with Gasteiger partial charge in [0.25, 0.3) is 0 Å². The molecule has 0 radical (unpaired) electrons. The van der Waals surface area contributed by atoms with Crippen LogP contribution in [0.1, 0.15) is 29.7 Å². The van der Waals surface area contributed by atoms with E-state index >= 15 is 0 Å². The lowest BCUT2D eigenvalue weighted by Gasteiger charge is -2.17. The molecule has 1 N–H and O–H groups in total. The summed E-state index contributed by atoms with van der Waals surface area (Å²) in [5.41, 5.74) is 3.20. The van der Waals surface area contributed by atoms with Gasteiger partial charge in [-0.15, -0.1) is 0 Å². The summed E-state index contributed by atoms with van der Waals surface area (Å²) >= 11 is 6.19. The number of aryl methyl sites for hydroxylation is 2. The van der Waals surface area contributed by atoms with Gasteiger partial charge in [0.2, 0.25) is 0 Å². The standard InChI is InChI=1S/C17H20ClNO/c1-11-9-14(10-12(2)17(11)18)20-16-8-6-5-7-15(16)13(3)19-4/h5-10,13,19H,1-4H3. The van der Waals surface area contributed by atoms with Crippen molar-refractivity contribution in [3.05, 3.63) is 58.1 Å². The third kappa shape index (κ3) is 3.14. The predicted molar refractivity (Wildman–Crippen MR) is 84.9 cm³/mol. The zero-order chi connectivity index (χ0) is 14.7. The van der Waals surface area contributed by atoms with Crippen molar-refractivity contribution in [3.63, 3.8) is 0 Å². The quantitative estimate of drug-likeness (QED) is 0.852. The van der Waals surface area contributed by atoms with Crippen LogP contribution in [0.2, 0.25) is 5.02 Å². The summed E-state index contributed by atoms with van der Waals surface area (Å²) in [4.78, 5) is 0. The van der Waals surface area contributed by atoms with E-state index in [9.17, 15) is 0 Å². The number of halogens is 1. The fourth-order valence-corrected chi connectivity index (χ4v) is 2.29. The molecule has 0 fully saturated rings. The fourth-order valence-electron chi connectivity index (χ4n) is 2.18. The van der Waals surface area contributed by atoms with Crippen LogP contribution in [0.5, 0.6) is 11.5 Å². The molecule has 0 saturated heterocycles. The largest absolute Gasteiger partial charge is 0.457 e. The molecule has 0 aliphatic rings. The van der Waals surface area contributed by atoms with Crippen molar-refractivity contribution in [2.75, 3.05) is 7.05 Å². The van der Waals surface area contributed by atoms with E-state index in [-0.39, 0.29) is 6.04 Å². The highest BCUT2D eigenvalue weighted by atomic mass is 35.5. The summed E-state index contributed by atoms with van der Waals surface area (Å²) in [5.74, 6) is 1.69. The van der Waals surface area contributed by atoms with Gasteiger partial charge in [-0.25, -0.2) is 0 Å². The molecule has 2 aromatic carbocycles. The Kier molecular flexibility index (Phi) is 4.69. The van der Waals surface area contributed by atoms with Crippen molar-refractivity contribution in [1.29, 1.82) is 0 Å². The Labute approximate surface area is 125 Å². The van der Waals surface area contributed by atoms with E-state index in [1.165, 1.54) is 0 Å². The van der Waals surface area contributed by atoms with Gasteiger partial charge in [-0.3, -0.25) is 0 Å². The Morgan fingerprint density at radius 2 is 1.70 bits per heavy atom. The van der Waals surface area contributed by atoms with Crippen LogP contribution in [0.4, 0.5) is 0 Å². The van der Waals surface area contributed by atoms with E-state index in [0.717, 1.165) is 33.2 Å².